The van der Waals surface area contributed by atoms with Crippen molar-refractivity contribution in [2.45, 2.75) is 58.6 Å². The highest BCUT2D eigenvalue weighted by molar-refractivity contribution is 5.92. The van der Waals surface area contributed by atoms with Crippen LogP contribution in [0.15, 0.2) is 6.20 Å². The number of aromatic nitrogens is 2. The van der Waals surface area contributed by atoms with Gasteiger partial charge in [-0.25, -0.2) is 4.98 Å². The van der Waals surface area contributed by atoms with Crippen LogP contribution in [0.4, 0.5) is 0 Å². The van der Waals surface area contributed by atoms with Crippen molar-refractivity contribution in [1.82, 2.24) is 14.9 Å². The van der Waals surface area contributed by atoms with Crippen molar-refractivity contribution < 1.29 is 9.53 Å². The van der Waals surface area contributed by atoms with Crippen LogP contribution in [0.2, 0.25) is 0 Å². The van der Waals surface area contributed by atoms with E-state index in [1.54, 1.807) is 13.3 Å². The van der Waals surface area contributed by atoms with E-state index in [1.165, 1.54) is 0 Å². The molecule has 2 rings (SSSR count). The van der Waals surface area contributed by atoms with Crippen molar-refractivity contribution in [3.8, 4) is 0 Å². The fourth-order valence-corrected chi connectivity index (χ4v) is 3.15. The zero-order chi connectivity index (χ0) is 16.0. The normalized spacial score (nSPS) is 27.5. The number of hydrogen-bond acceptors (Lipinski definition) is 3. The van der Waals surface area contributed by atoms with Gasteiger partial charge in [0.15, 0.2) is 0 Å². The van der Waals surface area contributed by atoms with Gasteiger partial charge in [0.2, 0.25) is 0 Å². The summed E-state index contributed by atoms with van der Waals surface area (Å²) in [6.07, 6.45) is 2.49. The Morgan fingerprint density at radius 1 is 1.48 bits per heavy atom. The second-order valence-electron chi connectivity index (χ2n) is 7.13. The molecule has 1 aromatic heterocycles. The highest BCUT2D eigenvalue weighted by Crippen LogP contribution is 2.53. The van der Waals surface area contributed by atoms with Gasteiger partial charge < -0.3 is 14.6 Å². The molecule has 1 fully saturated rings. The summed E-state index contributed by atoms with van der Waals surface area (Å²) in [5, 5.41) is 0. The maximum Gasteiger partial charge on any atom is 0.271 e. The molecule has 118 valence electrons. The van der Waals surface area contributed by atoms with Gasteiger partial charge in [0, 0.05) is 31.5 Å². The van der Waals surface area contributed by atoms with Crippen molar-refractivity contribution in [1.29, 1.82) is 0 Å². The van der Waals surface area contributed by atoms with E-state index in [2.05, 4.69) is 44.6 Å². The van der Waals surface area contributed by atoms with E-state index in [9.17, 15) is 4.79 Å². The molecule has 1 amide bonds. The van der Waals surface area contributed by atoms with Gasteiger partial charge in [0.25, 0.3) is 5.91 Å². The van der Waals surface area contributed by atoms with E-state index >= 15 is 0 Å². The number of aromatic amines is 1. The van der Waals surface area contributed by atoms with Crippen LogP contribution in [0, 0.1) is 5.41 Å². The third-order valence-electron chi connectivity index (χ3n) is 5.39. The van der Waals surface area contributed by atoms with Crippen LogP contribution in [0.1, 0.15) is 63.3 Å². The first kappa shape index (κ1) is 16.0. The van der Waals surface area contributed by atoms with Crippen LogP contribution < -0.4 is 0 Å². The molecule has 1 saturated carbocycles. The molecule has 0 aromatic carbocycles. The van der Waals surface area contributed by atoms with Gasteiger partial charge in [0.05, 0.1) is 11.8 Å². The van der Waals surface area contributed by atoms with Crippen molar-refractivity contribution in [2.24, 2.45) is 5.41 Å². The predicted octanol–water partition coefficient (Wildman–Crippen LogP) is 2.81. The topological polar surface area (TPSA) is 58.2 Å². The van der Waals surface area contributed by atoms with E-state index < -0.39 is 0 Å². The van der Waals surface area contributed by atoms with Crippen LogP contribution in [-0.2, 0) is 4.74 Å². The molecular formula is C16H27N3O2. The standard InChI is InChI=1S/C16H27N3O2/c1-10(2)13-17-9-11(18-13)14(20)19(6)12-8-16(5,21-7)15(12,3)4/h9-10,12H,8H2,1-7H3,(H,17,18)/t12-,16-/m1/s1. The van der Waals surface area contributed by atoms with Crippen molar-refractivity contribution in [3.63, 3.8) is 0 Å². The summed E-state index contributed by atoms with van der Waals surface area (Å²) in [6.45, 7) is 10.5. The fraction of sp³-hybridized carbons (Fsp3) is 0.750. The van der Waals surface area contributed by atoms with E-state index in [1.807, 2.05) is 11.9 Å². The van der Waals surface area contributed by atoms with Gasteiger partial charge in [-0.1, -0.05) is 27.7 Å². The molecular weight excluding hydrogens is 266 g/mol. The molecule has 5 nitrogen and oxygen atoms in total. The van der Waals surface area contributed by atoms with Crippen molar-refractivity contribution >= 4 is 5.91 Å². The average molecular weight is 293 g/mol. The Bertz CT molecular complexity index is 535. The molecule has 0 unspecified atom stereocenters. The number of methoxy groups -OCH3 is 1. The molecule has 1 heterocycles. The predicted molar refractivity (Wildman–Crippen MR) is 82.4 cm³/mol. The van der Waals surface area contributed by atoms with Crippen LogP contribution in [0.5, 0.6) is 0 Å². The Morgan fingerprint density at radius 2 is 2.10 bits per heavy atom. The molecule has 1 aromatic rings. The van der Waals surface area contributed by atoms with Crippen molar-refractivity contribution in [3.05, 3.63) is 17.7 Å². The lowest BCUT2D eigenvalue weighted by Gasteiger charge is -2.61. The molecule has 1 aliphatic carbocycles. The van der Waals surface area contributed by atoms with E-state index in [-0.39, 0.29) is 28.9 Å². The summed E-state index contributed by atoms with van der Waals surface area (Å²) < 4.78 is 5.63. The third-order valence-corrected chi connectivity index (χ3v) is 5.39. The smallest absolute Gasteiger partial charge is 0.271 e. The molecule has 21 heavy (non-hydrogen) atoms. The van der Waals surface area contributed by atoms with Gasteiger partial charge in [-0.3, -0.25) is 4.79 Å². The highest BCUT2D eigenvalue weighted by atomic mass is 16.5. The molecule has 1 aliphatic rings. The molecule has 0 radical (unpaired) electrons. The van der Waals surface area contributed by atoms with E-state index in [0.717, 1.165) is 12.2 Å². The number of amides is 1. The molecule has 5 heteroatoms. The Kier molecular flexibility index (Phi) is 3.91. The van der Waals surface area contributed by atoms with Gasteiger partial charge >= 0.3 is 0 Å². The van der Waals surface area contributed by atoms with Gasteiger partial charge in [-0.15, -0.1) is 0 Å². The minimum Gasteiger partial charge on any atom is -0.378 e. The SMILES string of the molecule is CO[C@]1(C)C[C@@H](N(C)C(=O)c2cnc(C(C)C)[nH]2)C1(C)C. The van der Waals surface area contributed by atoms with E-state index in [0.29, 0.717) is 5.69 Å². The molecule has 2 atom stereocenters. The van der Waals surface area contributed by atoms with Crippen LogP contribution in [0.25, 0.3) is 0 Å². The molecule has 1 N–H and O–H groups in total. The zero-order valence-corrected chi connectivity index (χ0v) is 14.2. The second-order valence-corrected chi connectivity index (χ2v) is 7.13. The fourth-order valence-electron chi connectivity index (χ4n) is 3.15. The number of nitrogens with zero attached hydrogens (tertiary/aromatic N) is 2. The Hall–Kier alpha value is -1.36. The van der Waals surface area contributed by atoms with Crippen molar-refractivity contribution in [2.75, 3.05) is 14.2 Å². The number of H-pyrrole nitrogens is 1. The Morgan fingerprint density at radius 3 is 2.52 bits per heavy atom. The number of nitrogens with one attached hydrogen (secondary N) is 1. The highest BCUT2D eigenvalue weighted by Gasteiger charge is 2.59. The van der Waals surface area contributed by atoms with Gasteiger partial charge in [-0.2, -0.15) is 0 Å². The summed E-state index contributed by atoms with van der Waals surface area (Å²) in [5.41, 5.74) is 0.305. The third kappa shape index (κ3) is 2.37. The number of imidazole rings is 1. The molecule has 0 spiro atoms. The van der Waals surface area contributed by atoms with Crippen LogP contribution >= 0.6 is 0 Å². The lowest BCUT2D eigenvalue weighted by molar-refractivity contribution is -0.198. The van der Waals surface area contributed by atoms with Gasteiger partial charge in [0.1, 0.15) is 11.5 Å². The second kappa shape index (κ2) is 5.13. The lowest BCUT2D eigenvalue weighted by Crippen LogP contribution is -2.68. The first-order valence-electron chi connectivity index (χ1n) is 7.51. The quantitative estimate of drug-likeness (QED) is 0.928. The first-order chi connectivity index (χ1) is 9.64. The Labute approximate surface area is 127 Å². The maximum absolute atomic E-state index is 12.6. The van der Waals surface area contributed by atoms with Gasteiger partial charge in [-0.05, 0) is 13.3 Å². The number of rotatable bonds is 4. The molecule has 0 bridgehead atoms. The Balaban J connectivity index is 2.14. The molecule has 0 saturated heterocycles. The molecule has 0 aliphatic heterocycles. The summed E-state index contributed by atoms with van der Waals surface area (Å²) in [7, 11) is 3.60. The first-order valence-corrected chi connectivity index (χ1v) is 7.51. The summed E-state index contributed by atoms with van der Waals surface area (Å²) in [6, 6.07) is 0.167. The zero-order valence-electron chi connectivity index (χ0n) is 14.2. The average Bonchev–Trinajstić information content (AvgIpc) is 2.92. The van der Waals surface area contributed by atoms with Crippen LogP contribution in [0.3, 0.4) is 0 Å². The number of ether oxygens (including phenoxy) is 1. The summed E-state index contributed by atoms with van der Waals surface area (Å²) in [4.78, 5) is 21.8. The van der Waals surface area contributed by atoms with E-state index in [4.69, 9.17) is 4.74 Å². The minimum atomic E-state index is -0.177. The summed E-state index contributed by atoms with van der Waals surface area (Å²) in [5.74, 6) is 1.13. The monoisotopic (exact) mass is 293 g/mol. The van der Waals surface area contributed by atoms with Crippen LogP contribution in [-0.4, -0.2) is 46.6 Å². The number of carbonyl (C=O) groups excluding carboxylic acids is 1. The largest absolute Gasteiger partial charge is 0.378 e. The lowest BCUT2D eigenvalue weighted by atomic mass is 9.55. The maximum atomic E-state index is 12.6. The minimum absolute atomic E-state index is 0.00868. The summed E-state index contributed by atoms with van der Waals surface area (Å²) >= 11 is 0. The number of hydrogen-bond donors (Lipinski definition) is 1. The number of carbonyl (C=O) groups is 1.